The second-order valence-corrected chi connectivity index (χ2v) is 9.52. The number of carbonyl (C=O) groups is 1. The van der Waals surface area contributed by atoms with E-state index >= 15 is 13.2 Å². The summed E-state index contributed by atoms with van der Waals surface area (Å²) < 4.78 is 81.2. The smallest absolute Gasteiger partial charge is 0.340 e. The quantitative estimate of drug-likeness (QED) is 0.103. The Balaban J connectivity index is 1.64. The monoisotopic (exact) mass is 683 g/mol. The molecule has 13 heteroatoms. The summed E-state index contributed by atoms with van der Waals surface area (Å²) in [5, 5.41) is 5.19. The van der Waals surface area contributed by atoms with Crippen LogP contribution in [0.15, 0.2) is 54.7 Å². The van der Waals surface area contributed by atoms with Crippen molar-refractivity contribution in [3.8, 4) is 23.0 Å². The SMILES string of the molecule is COC(=O)c1cc(Oc2ccnc(NCc3ccc(OC)cc3OC)c2F)c(F)c(F)c1Nc1ccc(I)cc1F. The number of esters is 1. The number of rotatable bonds is 10. The molecule has 0 aliphatic carbocycles. The Morgan fingerprint density at radius 2 is 1.66 bits per heavy atom. The van der Waals surface area contributed by atoms with Gasteiger partial charge in [-0.15, -0.1) is 0 Å². The molecule has 8 nitrogen and oxygen atoms in total. The number of methoxy groups -OCH3 is 3. The van der Waals surface area contributed by atoms with E-state index in [0.717, 1.165) is 25.3 Å². The predicted molar refractivity (Wildman–Crippen MR) is 151 cm³/mol. The molecule has 4 rings (SSSR count). The van der Waals surface area contributed by atoms with Gasteiger partial charge in [0.15, 0.2) is 23.1 Å². The van der Waals surface area contributed by atoms with Crippen LogP contribution in [-0.2, 0) is 11.3 Å². The minimum absolute atomic E-state index is 0.0888. The van der Waals surface area contributed by atoms with Gasteiger partial charge in [-0.25, -0.2) is 18.6 Å². The maximum atomic E-state index is 15.3. The first-order chi connectivity index (χ1) is 19.7. The lowest BCUT2D eigenvalue weighted by Gasteiger charge is -2.17. The average molecular weight is 683 g/mol. The van der Waals surface area contributed by atoms with Gasteiger partial charge in [0, 0.05) is 40.1 Å². The molecule has 4 aromatic rings. The zero-order valence-electron chi connectivity index (χ0n) is 21.8. The fraction of sp³-hybridized carbons (Fsp3) is 0.143. The third kappa shape index (κ3) is 6.56. The van der Waals surface area contributed by atoms with Crippen LogP contribution in [0, 0.1) is 26.8 Å². The molecule has 0 aliphatic rings. The fourth-order valence-corrected chi connectivity index (χ4v) is 4.17. The summed E-state index contributed by atoms with van der Waals surface area (Å²) >= 11 is 1.88. The van der Waals surface area contributed by atoms with Gasteiger partial charge in [-0.2, -0.15) is 8.78 Å². The molecule has 3 aromatic carbocycles. The maximum Gasteiger partial charge on any atom is 0.340 e. The molecule has 0 fully saturated rings. The van der Waals surface area contributed by atoms with Gasteiger partial charge < -0.3 is 29.6 Å². The molecular weight excluding hydrogens is 661 g/mol. The summed E-state index contributed by atoms with van der Waals surface area (Å²) in [6.45, 7) is 0.0888. The number of carbonyl (C=O) groups excluding carboxylic acids is 1. The number of anilines is 3. The fourth-order valence-electron chi connectivity index (χ4n) is 3.72. The standard InChI is InChI=1S/C28H22F4IN3O5/c1-38-16-6-4-14(21(11-16)39-2)13-35-27-24(31)20(8-9-34-27)41-22-12-17(28(37)40-3)26(25(32)23(22)30)36-19-7-5-15(33)10-18(19)29/h4-12,36H,13H2,1-3H3,(H,34,35). The van der Waals surface area contributed by atoms with Crippen molar-refractivity contribution in [3.63, 3.8) is 0 Å². The Morgan fingerprint density at radius 1 is 0.878 bits per heavy atom. The Bertz CT molecular complexity index is 1610. The molecule has 0 aliphatic heterocycles. The van der Waals surface area contributed by atoms with Crippen LogP contribution in [0.3, 0.4) is 0 Å². The average Bonchev–Trinajstić information content (AvgIpc) is 2.97. The van der Waals surface area contributed by atoms with Crippen LogP contribution in [0.5, 0.6) is 23.0 Å². The number of nitrogens with zero attached hydrogens (tertiary/aromatic N) is 1. The molecule has 0 bridgehead atoms. The van der Waals surface area contributed by atoms with Crippen LogP contribution >= 0.6 is 22.6 Å². The lowest BCUT2D eigenvalue weighted by molar-refractivity contribution is 0.0601. The van der Waals surface area contributed by atoms with Crippen molar-refractivity contribution in [2.24, 2.45) is 0 Å². The minimum Gasteiger partial charge on any atom is -0.497 e. The summed E-state index contributed by atoms with van der Waals surface area (Å²) in [6.07, 6.45) is 1.19. The van der Waals surface area contributed by atoms with Gasteiger partial charge in [0.2, 0.25) is 11.6 Å². The first kappa shape index (κ1) is 29.7. The van der Waals surface area contributed by atoms with Gasteiger partial charge in [0.05, 0.1) is 38.3 Å². The lowest BCUT2D eigenvalue weighted by atomic mass is 10.1. The highest BCUT2D eigenvalue weighted by atomic mass is 127. The predicted octanol–water partition coefficient (Wildman–Crippen LogP) is 7.19. The first-order valence-corrected chi connectivity index (χ1v) is 12.8. The molecule has 0 atom stereocenters. The van der Waals surface area contributed by atoms with E-state index in [9.17, 15) is 9.18 Å². The van der Waals surface area contributed by atoms with Gasteiger partial charge in [0.25, 0.3) is 0 Å². The topological polar surface area (TPSA) is 90.9 Å². The van der Waals surface area contributed by atoms with Gasteiger partial charge >= 0.3 is 5.97 Å². The van der Waals surface area contributed by atoms with Crippen LogP contribution in [0.4, 0.5) is 34.8 Å². The van der Waals surface area contributed by atoms with Crippen molar-refractivity contribution >= 4 is 45.8 Å². The normalized spacial score (nSPS) is 10.6. The molecule has 214 valence electrons. The largest absolute Gasteiger partial charge is 0.497 e. The second kappa shape index (κ2) is 12.9. The van der Waals surface area contributed by atoms with E-state index in [1.54, 1.807) is 18.2 Å². The highest BCUT2D eigenvalue weighted by Gasteiger charge is 2.26. The number of pyridine rings is 1. The van der Waals surface area contributed by atoms with Gasteiger partial charge in [-0.3, -0.25) is 0 Å². The third-order valence-electron chi connectivity index (χ3n) is 5.78. The maximum absolute atomic E-state index is 15.3. The molecule has 0 radical (unpaired) electrons. The number of benzene rings is 3. The Labute approximate surface area is 245 Å². The summed E-state index contributed by atoms with van der Waals surface area (Å²) in [4.78, 5) is 16.4. The molecule has 41 heavy (non-hydrogen) atoms. The Hall–Kier alpha value is -4.27. The number of ether oxygens (including phenoxy) is 4. The minimum atomic E-state index is -1.57. The van der Waals surface area contributed by atoms with Crippen LogP contribution in [0.2, 0.25) is 0 Å². The molecular formula is C28H22F4IN3O5. The van der Waals surface area contributed by atoms with E-state index < -0.39 is 52.0 Å². The number of nitrogens with one attached hydrogen (secondary N) is 2. The van der Waals surface area contributed by atoms with E-state index in [4.69, 9.17) is 14.2 Å². The second-order valence-electron chi connectivity index (χ2n) is 8.27. The first-order valence-electron chi connectivity index (χ1n) is 11.8. The molecule has 1 aromatic heterocycles. The highest BCUT2D eigenvalue weighted by Crippen LogP contribution is 2.37. The van der Waals surface area contributed by atoms with Crippen LogP contribution < -0.4 is 24.8 Å². The summed E-state index contributed by atoms with van der Waals surface area (Å²) in [5.41, 5.74) is -0.761. The number of hydrogen-bond acceptors (Lipinski definition) is 8. The van der Waals surface area contributed by atoms with Crippen LogP contribution in [0.1, 0.15) is 15.9 Å². The molecule has 0 saturated heterocycles. The van der Waals surface area contributed by atoms with E-state index in [2.05, 4.69) is 20.4 Å². The van der Waals surface area contributed by atoms with E-state index in [0.29, 0.717) is 20.6 Å². The van der Waals surface area contributed by atoms with Gasteiger partial charge in [-0.1, -0.05) is 0 Å². The Kier molecular flexibility index (Phi) is 9.37. The van der Waals surface area contributed by atoms with E-state index in [-0.39, 0.29) is 18.1 Å². The van der Waals surface area contributed by atoms with Crippen molar-refractivity contribution in [3.05, 3.63) is 92.7 Å². The van der Waals surface area contributed by atoms with Crippen molar-refractivity contribution in [2.75, 3.05) is 32.0 Å². The van der Waals surface area contributed by atoms with Gasteiger partial charge in [0.1, 0.15) is 17.3 Å². The molecule has 1 heterocycles. The van der Waals surface area contributed by atoms with E-state index in [1.807, 2.05) is 22.6 Å². The summed E-state index contributed by atoms with van der Waals surface area (Å²) in [7, 11) is 4.01. The number of hydrogen-bond donors (Lipinski definition) is 2. The van der Waals surface area contributed by atoms with Crippen LogP contribution in [-0.4, -0.2) is 32.3 Å². The molecule has 2 N–H and O–H groups in total. The third-order valence-corrected chi connectivity index (χ3v) is 6.45. The summed E-state index contributed by atoms with van der Waals surface area (Å²) in [6, 6.07) is 11.0. The number of halogens is 5. The zero-order chi connectivity index (χ0) is 29.7. The van der Waals surface area contributed by atoms with Gasteiger partial charge in [-0.05, 0) is 52.9 Å². The lowest BCUT2D eigenvalue weighted by Crippen LogP contribution is -2.11. The van der Waals surface area contributed by atoms with Crippen molar-refractivity contribution in [1.82, 2.24) is 4.98 Å². The number of aromatic nitrogens is 1. The summed E-state index contributed by atoms with van der Waals surface area (Å²) in [5.74, 6) is -6.50. The molecule has 0 unspecified atom stereocenters. The zero-order valence-corrected chi connectivity index (χ0v) is 23.9. The molecule has 0 saturated carbocycles. The van der Waals surface area contributed by atoms with Crippen molar-refractivity contribution in [1.29, 1.82) is 0 Å². The van der Waals surface area contributed by atoms with Crippen molar-refractivity contribution < 1.29 is 41.3 Å². The van der Waals surface area contributed by atoms with Crippen molar-refractivity contribution in [2.45, 2.75) is 6.54 Å². The molecule has 0 spiro atoms. The van der Waals surface area contributed by atoms with Crippen LogP contribution in [0.25, 0.3) is 0 Å². The van der Waals surface area contributed by atoms with E-state index in [1.165, 1.54) is 32.5 Å². The Morgan fingerprint density at radius 3 is 2.34 bits per heavy atom. The highest BCUT2D eigenvalue weighted by molar-refractivity contribution is 14.1. The molecule has 0 amide bonds.